The number of ether oxygens (including phenoxy) is 1. The lowest BCUT2D eigenvalue weighted by molar-refractivity contribution is -0.0552. The van der Waals surface area contributed by atoms with E-state index in [2.05, 4.69) is 41.6 Å². The third-order valence-corrected chi connectivity index (χ3v) is 2.68. The van der Waals surface area contributed by atoms with E-state index < -0.39 is 12.3 Å². The maximum Gasteiger partial charge on any atom is 0.341 e. The lowest BCUT2D eigenvalue weighted by Gasteiger charge is -2.02. The van der Waals surface area contributed by atoms with Crippen molar-refractivity contribution in [3.63, 3.8) is 0 Å². The van der Waals surface area contributed by atoms with E-state index in [1.54, 1.807) is 0 Å². The number of rotatable bonds is 0. The maximum atomic E-state index is 11.1. The van der Waals surface area contributed by atoms with E-state index >= 15 is 0 Å². The predicted molar refractivity (Wildman–Crippen MR) is 50.0 cm³/mol. The minimum Gasteiger partial charge on any atom is -0.428 e. The molecular weight excluding hydrogens is 306 g/mol. The first-order valence-corrected chi connectivity index (χ1v) is 4.93. The summed E-state index contributed by atoms with van der Waals surface area (Å²) in [6.07, 6.45) is -1.21. The number of esters is 1. The Kier molecular flexibility index (Phi) is 2.13. The Morgan fingerprint density at radius 3 is 2.92 bits per heavy atom. The number of cyclic esters (lactones) is 1. The van der Waals surface area contributed by atoms with Crippen LogP contribution in [0.2, 0.25) is 0 Å². The number of nitrogens with zero attached hydrogens (tertiary/aromatic N) is 1. The van der Waals surface area contributed by atoms with E-state index in [4.69, 9.17) is 0 Å². The minimum atomic E-state index is -1.21. The van der Waals surface area contributed by atoms with E-state index in [1.165, 1.54) is 6.07 Å². The van der Waals surface area contributed by atoms with Gasteiger partial charge in [-0.25, -0.2) is 9.78 Å². The maximum absolute atomic E-state index is 11.1. The molecule has 0 bridgehead atoms. The second-order valence-electron chi connectivity index (χ2n) is 2.45. The molecule has 0 spiro atoms. The molecule has 0 saturated carbocycles. The molecule has 2 heterocycles. The van der Waals surface area contributed by atoms with E-state index in [0.29, 0.717) is 20.3 Å². The molecule has 1 aliphatic rings. The number of aromatic nitrogens is 1. The normalized spacial score (nSPS) is 19.9. The van der Waals surface area contributed by atoms with Gasteiger partial charge in [-0.15, -0.1) is 0 Å². The van der Waals surface area contributed by atoms with Gasteiger partial charge in [-0.3, -0.25) is 0 Å². The van der Waals surface area contributed by atoms with Crippen LogP contribution < -0.4 is 0 Å². The average molecular weight is 309 g/mol. The molecule has 1 aromatic heterocycles. The lowest BCUT2D eigenvalue weighted by Crippen LogP contribution is -1.96. The van der Waals surface area contributed by atoms with Crippen molar-refractivity contribution in [3.05, 3.63) is 26.4 Å². The quantitative estimate of drug-likeness (QED) is 0.586. The van der Waals surface area contributed by atoms with Crippen molar-refractivity contribution in [1.29, 1.82) is 0 Å². The van der Waals surface area contributed by atoms with Gasteiger partial charge in [0.1, 0.15) is 9.21 Å². The highest BCUT2D eigenvalue weighted by atomic mass is 79.9. The molecule has 1 atom stereocenters. The average Bonchev–Trinajstić information content (AvgIpc) is 2.27. The molecule has 1 N–H and O–H groups in total. The Bertz CT molecular complexity index is 394. The molecule has 0 saturated heterocycles. The molecule has 0 aliphatic carbocycles. The molecule has 0 amide bonds. The Labute approximate surface area is 90.2 Å². The summed E-state index contributed by atoms with van der Waals surface area (Å²) in [5.41, 5.74) is 0.717. The highest BCUT2D eigenvalue weighted by Crippen LogP contribution is 2.34. The highest BCUT2D eigenvalue weighted by Gasteiger charge is 2.32. The van der Waals surface area contributed by atoms with Gasteiger partial charge in [-0.2, -0.15) is 0 Å². The van der Waals surface area contributed by atoms with Crippen LogP contribution in [0.1, 0.15) is 22.2 Å². The van der Waals surface area contributed by atoms with Crippen LogP contribution >= 0.6 is 31.9 Å². The summed E-state index contributed by atoms with van der Waals surface area (Å²) in [5.74, 6) is -0.536. The largest absolute Gasteiger partial charge is 0.428 e. The smallest absolute Gasteiger partial charge is 0.341 e. The van der Waals surface area contributed by atoms with Crippen molar-refractivity contribution in [1.82, 2.24) is 4.98 Å². The molecule has 68 valence electrons. The summed E-state index contributed by atoms with van der Waals surface area (Å²) >= 11 is 6.27. The third kappa shape index (κ3) is 1.38. The van der Waals surface area contributed by atoms with Gasteiger partial charge in [0.05, 0.1) is 11.1 Å². The van der Waals surface area contributed by atoms with Crippen molar-refractivity contribution in [3.8, 4) is 0 Å². The van der Waals surface area contributed by atoms with Crippen molar-refractivity contribution >= 4 is 37.8 Å². The summed E-state index contributed by atoms with van der Waals surface area (Å²) in [6.45, 7) is 0. The third-order valence-electron chi connectivity index (χ3n) is 1.67. The standard InChI is InChI=1S/C7H3Br2NO3/c8-3-1-2-4(5(9)10-3)7(12)13-6(2)11/h1,7,12H/t7-/m0/s1. The van der Waals surface area contributed by atoms with Gasteiger partial charge < -0.3 is 9.84 Å². The van der Waals surface area contributed by atoms with Crippen molar-refractivity contribution in [2.24, 2.45) is 0 Å². The number of halogens is 2. The fourth-order valence-electron chi connectivity index (χ4n) is 1.12. The van der Waals surface area contributed by atoms with Gasteiger partial charge in [0, 0.05) is 0 Å². The first kappa shape index (κ1) is 9.11. The van der Waals surface area contributed by atoms with Gasteiger partial charge in [0.25, 0.3) is 0 Å². The summed E-state index contributed by atoms with van der Waals surface area (Å²) in [5, 5.41) is 9.30. The molecule has 6 heteroatoms. The van der Waals surface area contributed by atoms with Crippen LogP contribution in [0.25, 0.3) is 0 Å². The number of pyridine rings is 1. The van der Waals surface area contributed by atoms with Gasteiger partial charge in [-0.1, -0.05) is 0 Å². The fraction of sp³-hybridized carbons (Fsp3) is 0.143. The van der Waals surface area contributed by atoms with Crippen LogP contribution in [0.3, 0.4) is 0 Å². The minimum absolute atomic E-state index is 0.334. The first-order chi connectivity index (χ1) is 6.09. The van der Waals surface area contributed by atoms with Crippen molar-refractivity contribution in [2.45, 2.75) is 6.29 Å². The molecule has 1 aliphatic heterocycles. The molecule has 1 aromatic rings. The summed E-state index contributed by atoms with van der Waals surface area (Å²) in [7, 11) is 0. The second kappa shape index (κ2) is 3.04. The van der Waals surface area contributed by atoms with Gasteiger partial charge in [-0.05, 0) is 37.9 Å². The zero-order valence-electron chi connectivity index (χ0n) is 6.12. The molecule has 0 aromatic carbocycles. The number of carbonyl (C=O) groups is 1. The molecule has 0 unspecified atom stereocenters. The van der Waals surface area contributed by atoms with Crippen LogP contribution in [-0.2, 0) is 4.74 Å². The SMILES string of the molecule is O=C1O[C@H](O)c2c1cc(Br)nc2Br. The van der Waals surface area contributed by atoms with E-state index in [0.717, 1.165) is 0 Å². The number of hydrogen-bond acceptors (Lipinski definition) is 4. The Hall–Kier alpha value is -0.460. The van der Waals surface area contributed by atoms with E-state index in [1.807, 2.05) is 0 Å². The molecular formula is C7H3Br2NO3. The van der Waals surface area contributed by atoms with Gasteiger partial charge in [0.2, 0.25) is 6.29 Å². The lowest BCUT2D eigenvalue weighted by atomic mass is 10.2. The second-order valence-corrected chi connectivity index (χ2v) is 4.02. The Morgan fingerprint density at radius 1 is 1.54 bits per heavy atom. The fourth-order valence-corrected chi connectivity index (χ4v) is 2.37. The molecule has 0 fully saturated rings. The van der Waals surface area contributed by atoms with Crippen LogP contribution in [0.15, 0.2) is 15.3 Å². The topological polar surface area (TPSA) is 59.4 Å². The van der Waals surface area contributed by atoms with Crippen LogP contribution in [0.4, 0.5) is 0 Å². The van der Waals surface area contributed by atoms with E-state index in [-0.39, 0.29) is 0 Å². The van der Waals surface area contributed by atoms with E-state index in [9.17, 15) is 9.90 Å². The Morgan fingerprint density at radius 2 is 2.23 bits per heavy atom. The van der Waals surface area contributed by atoms with Crippen LogP contribution in [-0.4, -0.2) is 16.1 Å². The summed E-state index contributed by atoms with van der Waals surface area (Å²) in [6, 6.07) is 1.51. The predicted octanol–water partition coefficient (Wildman–Crippen LogP) is 1.77. The van der Waals surface area contributed by atoms with Crippen molar-refractivity contribution in [2.75, 3.05) is 0 Å². The molecule has 0 radical (unpaired) electrons. The highest BCUT2D eigenvalue weighted by molar-refractivity contribution is 9.11. The number of aliphatic hydroxyl groups is 1. The first-order valence-electron chi connectivity index (χ1n) is 3.34. The monoisotopic (exact) mass is 307 g/mol. The zero-order chi connectivity index (χ0) is 9.59. The summed E-state index contributed by atoms with van der Waals surface area (Å²) < 4.78 is 5.52. The van der Waals surface area contributed by atoms with Gasteiger partial charge in [0.15, 0.2) is 0 Å². The number of hydrogen-bond donors (Lipinski definition) is 1. The molecule has 13 heavy (non-hydrogen) atoms. The number of carbonyl (C=O) groups excluding carboxylic acids is 1. The van der Waals surface area contributed by atoms with Crippen molar-refractivity contribution < 1.29 is 14.6 Å². The van der Waals surface area contributed by atoms with Crippen LogP contribution in [0.5, 0.6) is 0 Å². The van der Waals surface area contributed by atoms with Gasteiger partial charge >= 0.3 is 5.97 Å². The number of aliphatic hydroxyl groups excluding tert-OH is 1. The molecule has 4 nitrogen and oxygen atoms in total. The van der Waals surface area contributed by atoms with Crippen LogP contribution in [0, 0.1) is 0 Å². The Balaban J connectivity index is 2.69. The number of fused-ring (bicyclic) bond motifs is 1. The summed E-state index contributed by atoms with van der Waals surface area (Å²) in [4.78, 5) is 15.1. The molecule has 2 rings (SSSR count). The zero-order valence-corrected chi connectivity index (χ0v) is 9.29.